The highest BCUT2D eigenvalue weighted by Gasteiger charge is 2.22. The van der Waals surface area contributed by atoms with Crippen molar-refractivity contribution in [3.63, 3.8) is 0 Å². The van der Waals surface area contributed by atoms with Crippen LogP contribution in [0.1, 0.15) is 65.2 Å². The molecule has 0 aromatic heterocycles. The number of hydrogen-bond donors (Lipinski definition) is 1. The molecule has 1 aliphatic rings. The third-order valence-corrected chi connectivity index (χ3v) is 3.70. The van der Waals surface area contributed by atoms with Crippen molar-refractivity contribution in [2.75, 3.05) is 6.54 Å². The molecule has 0 saturated heterocycles. The van der Waals surface area contributed by atoms with E-state index >= 15 is 0 Å². The molecule has 0 amide bonds. The minimum Gasteiger partial charge on any atom is -0.316 e. The van der Waals surface area contributed by atoms with Crippen LogP contribution in [-0.4, -0.2) is 30.0 Å². The van der Waals surface area contributed by atoms with Crippen molar-refractivity contribution >= 4 is 6.21 Å². The zero-order valence-electron chi connectivity index (χ0n) is 12.7. The molecule has 3 nitrogen and oxygen atoms in total. The summed E-state index contributed by atoms with van der Waals surface area (Å²) >= 11 is 0. The van der Waals surface area contributed by atoms with E-state index in [1.54, 1.807) is 0 Å². The molecule has 0 fully saturated rings. The lowest BCUT2D eigenvalue weighted by atomic mass is 10.1. The molecular formula is C16H31N3. The molecular weight excluding hydrogens is 234 g/mol. The molecule has 2 atom stereocenters. The number of aliphatic imine (C=N–C) groups is 1. The van der Waals surface area contributed by atoms with Crippen molar-refractivity contribution in [3.05, 3.63) is 12.2 Å². The van der Waals surface area contributed by atoms with Gasteiger partial charge in [0.1, 0.15) is 6.17 Å². The fraction of sp³-hybridized carbons (Fsp3) is 0.812. The van der Waals surface area contributed by atoms with E-state index in [4.69, 9.17) is 5.73 Å². The molecule has 0 aromatic rings. The Balaban J connectivity index is 1.99. The smallest absolute Gasteiger partial charge is 0.103 e. The Morgan fingerprint density at radius 2 is 2.00 bits per heavy atom. The van der Waals surface area contributed by atoms with Gasteiger partial charge >= 0.3 is 0 Å². The largest absolute Gasteiger partial charge is 0.316 e. The summed E-state index contributed by atoms with van der Waals surface area (Å²) < 4.78 is 0. The van der Waals surface area contributed by atoms with Crippen molar-refractivity contribution < 1.29 is 0 Å². The van der Waals surface area contributed by atoms with E-state index < -0.39 is 0 Å². The summed E-state index contributed by atoms with van der Waals surface area (Å²) in [5, 5.41) is 0. The second-order valence-corrected chi connectivity index (χ2v) is 5.50. The lowest BCUT2D eigenvalue weighted by Crippen LogP contribution is -2.43. The van der Waals surface area contributed by atoms with Crippen molar-refractivity contribution in [2.45, 2.75) is 77.5 Å². The van der Waals surface area contributed by atoms with Crippen molar-refractivity contribution in [2.24, 2.45) is 10.7 Å². The van der Waals surface area contributed by atoms with Crippen LogP contribution in [0, 0.1) is 0 Å². The third kappa shape index (κ3) is 6.88. The molecule has 0 bridgehead atoms. The Labute approximate surface area is 119 Å². The van der Waals surface area contributed by atoms with Crippen molar-refractivity contribution in [1.29, 1.82) is 0 Å². The first-order valence-corrected chi connectivity index (χ1v) is 7.93. The second-order valence-electron chi connectivity index (χ2n) is 5.50. The molecule has 2 N–H and O–H groups in total. The minimum absolute atomic E-state index is 0.119. The number of hydrogen-bond acceptors (Lipinski definition) is 3. The van der Waals surface area contributed by atoms with Gasteiger partial charge in [-0.3, -0.25) is 9.89 Å². The fourth-order valence-electron chi connectivity index (χ4n) is 2.47. The minimum atomic E-state index is 0.119. The van der Waals surface area contributed by atoms with Gasteiger partial charge in [-0.15, -0.1) is 0 Å². The summed E-state index contributed by atoms with van der Waals surface area (Å²) in [5.41, 5.74) is 5.93. The van der Waals surface area contributed by atoms with Crippen LogP contribution in [-0.2, 0) is 0 Å². The van der Waals surface area contributed by atoms with Gasteiger partial charge in [0.05, 0.1) is 6.17 Å². The predicted octanol–water partition coefficient (Wildman–Crippen LogP) is 3.70. The SMILES string of the molecule is CCCC/C=C/CCCCCC1N=CCN1C(C)N. The highest BCUT2D eigenvalue weighted by molar-refractivity contribution is 5.62. The van der Waals surface area contributed by atoms with E-state index in [2.05, 4.69) is 29.0 Å². The summed E-state index contributed by atoms with van der Waals surface area (Å²) in [4.78, 5) is 6.78. The average Bonchev–Trinajstić information content (AvgIpc) is 2.85. The monoisotopic (exact) mass is 265 g/mol. The fourth-order valence-corrected chi connectivity index (χ4v) is 2.47. The Kier molecular flexibility index (Phi) is 8.76. The van der Waals surface area contributed by atoms with Gasteiger partial charge in [0.15, 0.2) is 0 Å². The van der Waals surface area contributed by atoms with Gasteiger partial charge in [0, 0.05) is 12.8 Å². The van der Waals surface area contributed by atoms with Crippen LogP contribution in [0.15, 0.2) is 17.1 Å². The Morgan fingerprint density at radius 3 is 2.68 bits per heavy atom. The summed E-state index contributed by atoms with van der Waals surface area (Å²) in [6, 6.07) is 0. The molecule has 1 rings (SSSR count). The van der Waals surface area contributed by atoms with Crippen LogP contribution in [0.2, 0.25) is 0 Å². The maximum absolute atomic E-state index is 5.93. The highest BCUT2D eigenvalue weighted by atomic mass is 15.3. The van der Waals surface area contributed by atoms with E-state index in [-0.39, 0.29) is 6.17 Å². The Bertz CT molecular complexity index is 271. The zero-order valence-corrected chi connectivity index (χ0v) is 12.7. The van der Waals surface area contributed by atoms with Crippen LogP contribution >= 0.6 is 0 Å². The van der Waals surface area contributed by atoms with Crippen molar-refractivity contribution in [3.8, 4) is 0 Å². The lowest BCUT2D eigenvalue weighted by molar-refractivity contribution is 0.182. The standard InChI is InChI=1S/C16H31N3/c1-3-4-5-6-7-8-9-10-11-12-16-18-13-14-19(16)15(2)17/h6-7,13,15-16H,3-5,8-12,14,17H2,1-2H3/b7-6+. The normalized spacial score (nSPS) is 21.5. The number of allylic oxidation sites excluding steroid dienone is 2. The maximum atomic E-state index is 5.93. The van der Waals surface area contributed by atoms with E-state index in [0.29, 0.717) is 6.17 Å². The Hall–Kier alpha value is -0.670. The van der Waals surface area contributed by atoms with Gasteiger partial charge in [-0.1, -0.05) is 38.3 Å². The first-order chi connectivity index (χ1) is 9.25. The van der Waals surface area contributed by atoms with Crippen LogP contribution in [0.4, 0.5) is 0 Å². The van der Waals surface area contributed by atoms with Gasteiger partial charge in [-0.05, 0) is 39.0 Å². The number of rotatable bonds is 10. The van der Waals surface area contributed by atoms with Gasteiger partial charge in [-0.2, -0.15) is 0 Å². The zero-order chi connectivity index (χ0) is 13.9. The summed E-state index contributed by atoms with van der Waals surface area (Å²) in [5.74, 6) is 0. The van der Waals surface area contributed by atoms with Crippen LogP contribution in [0.5, 0.6) is 0 Å². The third-order valence-electron chi connectivity index (χ3n) is 3.70. The van der Waals surface area contributed by atoms with Gasteiger partial charge in [0.2, 0.25) is 0 Å². The summed E-state index contributed by atoms with van der Waals surface area (Å²) in [7, 11) is 0. The average molecular weight is 265 g/mol. The topological polar surface area (TPSA) is 41.6 Å². The molecule has 0 saturated carbocycles. The van der Waals surface area contributed by atoms with Gasteiger partial charge in [-0.25, -0.2) is 0 Å². The Morgan fingerprint density at radius 1 is 1.26 bits per heavy atom. The number of nitrogens with two attached hydrogens (primary N) is 1. The number of unbranched alkanes of at least 4 members (excludes halogenated alkanes) is 5. The quantitative estimate of drug-likeness (QED) is 0.483. The first-order valence-electron chi connectivity index (χ1n) is 7.93. The molecule has 1 heterocycles. The molecule has 19 heavy (non-hydrogen) atoms. The summed E-state index contributed by atoms with van der Waals surface area (Å²) in [6.07, 6.45) is 17.2. The summed E-state index contributed by atoms with van der Waals surface area (Å²) in [6.45, 7) is 5.20. The molecule has 1 aliphatic heterocycles. The van der Waals surface area contributed by atoms with E-state index in [0.717, 1.165) is 13.0 Å². The van der Waals surface area contributed by atoms with Crippen LogP contribution in [0.3, 0.4) is 0 Å². The first kappa shape index (κ1) is 16.4. The molecule has 110 valence electrons. The molecule has 0 radical (unpaired) electrons. The molecule has 0 aliphatic carbocycles. The lowest BCUT2D eigenvalue weighted by Gasteiger charge is -2.26. The number of nitrogens with zero attached hydrogens (tertiary/aromatic N) is 2. The van der Waals surface area contributed by atoms with Crippen molar-refractivity contribution in [1.82, 2.24) is 4.90 Å². The molecule has 0 aromatic carbocycles. The van der Waals surface area contributed by atoms with Crippen LogP contribution in [0.25, 0.3) is 0 Å². The molecule has 0 spiro atoms. The van der Waals surface area contributed by atoms with E-state index in [9.17, 15) is 0 Å². The van der Waals surface area contributed by atoms with Crippen LogP contribution < -0.4 is 5.73 Å². The predicted molar refractivity (Wildman–Crippen MR) is 84.4 cm³/mol. The van der Waals surface area contributed by atoms with Gasteiger partial charge in [0.25, 0.3) is 0 Å². The van der Waals surface area contributed by atoms with Gasteiger partial charge < -0.3 is 5.73 Å². The molecule has 3 heteroatoms. The maximum Gasteiger partial charge on any atom is 0.103 e. The second kappa shape index (κ2) is 10.2. The highest BCUT2D eigenvalue weighted by Crippen LogP contribution is 2.16. The molecule has 2 unspecified atom stereocenters. The van der Waals surface area contributed by atoms with E-state index in [1.807, 2.05) is 13.1 Å². The van der Waals surface area contributed by atoms with E-state index in [1.165, 1.54) is 44.9 Å².